The predicted molar refractivity (Wildman–Crippen MR) is 110 cm³/mol. The van der Waals surface area contributed by atoms with E-state index in [-0.39, 0.29) is 5.56 Å². The van der Waals surface area contributed by atoms with Gasteiger partial charge in [0.1, 0.15) is 4.83 Å². The van der Waals surface area contributed by atoms with E-state index in [4.69, 9.17) is 4.98 Å². The molecule has 0 aliphatic rings. The van der Waals surface area contributed by atoms with Crippen LogP contribution in [0.5, 0.6) is 0 Å². The number of benzene rings is 1. The van der Waals surface area contributed by atoms with E-state index in [2.05, 4.69) is 29.2 Å². The Morgan fingerprint density at radius 2 is 2.00 bits per heavy atom. The van der Waals surface area contributed by atoms with E-state index >= 15 is 0 Å². The van der Waals surface area contributed by atoms with Crippen molar-refractivity contribution in [3.05, 3.63) is 62.9 Å². The molecule has 0 unspecified atom stereocenters. The summed E-state index contributed by atoms with van der Waals surface area (Å²) in [6.45, 7) is 6.66. The van der Waals surface area contributed by atoms with Crippen molar-refractivity contribution < 1.29 is 0 Å². The van der Waals surface area contributed by atoms with Gasteiger partial charge in [0.25, 0.3) is 5.56 Å². The van der Waals surface area contributed by atoms with Gasteiger partial charge in [0.2, 0.25) is 0 Å². The van der Waals surface area contributed by atoms with Crippen LogP contribution in [0.1, 0.15) is 22.9 Å². The molecule has 4 rings (SSSR count). The molecule has 0 amide bonds. The molecule has 0 fully saturated rings. The lowest BCUT2D eigenvalue weighted by atomic mass is 10.1. The number of aromatic nitrogens is 3. The molecular weight excluding hydrogens is 362 g/mol. The van der Waals surface area contributed by atoms with Crippen LogP contribution in [0.25, 0.3) is 21.1 Å². The SMILES string of the molecule is CCn1c(SCc2cccc3cccnc23)nc2sc(C)c(C)c2c1=O. The highest BCUT2D eigenvalue weighted by atomic mass is 32.2. The second-order valence-electron chi connectivity index (χ2n) is 6.19. The van der Waals surface area contributed by atoms with Crippen LogP contribution in [0.2, 0.25) is 0 Å². The van der Waals surface area contributed by atoms with Gasteiger partial charge in [-0.3, -0.25) is 14.3 Å². The summed E-state index contributed by atoms with van der Waals surface area (Å²) in [5, 5.41) is 2.68. The first-order valence-electron chi connectivity index (χ1n) is 8.56. The van der Waals surface area contributed by atoms with E-state index in [1.807, 2.05) is 33.0 Å². The van der Waals surface area contributed by atoms with Crippen molar-refractivity contribution in [2.75, 3.05) is 0 Å². The fraction of sp³-hybridized carbons (Fsp3) is 0.250. The third-order valence-corrected chi connectivity index (χ3v) is 6.77. The molecule has 0 atom stereocenters. The third-order valence-electron chi connectivity index (χ3n) is 4.64. The van der Waals surface area contributed by atoms with Gasteiger partial charge in [-0.15, -0.1) is 11.3 Å². The van der Waals surface area contributed by atoms with E-state index < -0.39 is 0 Å². The van der Waals surface area contributed by atoms with Crippen molar-refractivity contribution in [1.82, 2.24) is 14.5 Å². The Morgan fingerprint density at radius 1 is 1.19 bits per heavy atom. The van der Waals surface area contributed by atoms with Crippen molar-refractivity contribution in [3.8, 4) is 0 Å². The quantitative estimate of drug-likeness (QED) is 0.371. The van der Waals surface area contributed by atoms with Crippen LogP contribution in [-0.2, 0) is 12.3 Å². The number of para-hydroxylation sites is 1. The molecule has 0 spiro atoms. The van der Waals surface area contributed by atoms with Gasteiger partial charge in [-0.2, -0.15) is 0 Å². The Morgan fingerprint density at radius 3 is 2.81 bits per heavy atom. The van der Waals surface area contributed by atoms with Gasteiger partial charge in [0, 0.05) is 28.8 Å². The van der Waals surface area contributed by atoms with Gasteiger partial charge < -0.3 is 0 Å². The van der Waals surface area contributed by atoms with Gasteiger partial charge in [-0.25, -0.2) is 4.98 Å². The van der Waals surface area contributed by atoms with Gasteiger partial charge in [-0.05, 0) is 38.0 Å². The number of nitrogens with zero attached hydrogens (tertiary/aromatic N) is 3. The lowest BCUT2D eigenvalue weighted by Crippen LogP contribution is -2.22. The molecule has 6 heteroatoms. The summed E-state index contributed by atoms with van der Waals surface area (Å²) in [7, 11) is 0. The number of thiophene rings is 1. The number of hydrogen-bond donors (Lipinski definition) is 0. The first-order chi connectivity index (χ1) is 12.6. The number of rotatable bonds is 4. The standard InChI is InChI=1S/C20H19N3OS2/c1-4-23-19(24)16-12(2)13(3)26-18(16)22-20(23)25-11-15-8-5-7-14-9-6-10-21-17(14)15/h5-10H,4,11H2,1-3H3. The summed E-state index contributed by atoms with van der Waals surface area (Å²) in [5.74, 6) is 0.732. The number of fused-ring (bicyclic) bond motifs is 2. The second kappa shape index (κ2) is 6.85. The minimum atomic E-state index is 0.0675. The van der Waals surface area contributed by atoms with Crippen LogP contribution in [0.3, 0.4) is 0 Å². The normalized spacial score (nSPS) is 11.5. The zero-order valence-corrected chi connectivity index (χ0v) is 16.6. The van der Waals surface area contributed by atoms with Crippen molar-refractivity contribution in [2.45, 2.75) is 38.2 Å². The zero-order valence-electron chi connectivity index (χ0n) is 14.9. The molecule has 0 aliphatic carbocycles. The molecule has 0 N–H and O–H groups in total. The largest absolute Gasteiger partial charge is 0.287 e. The molecule has 0 radical (unpaired) electrons. The van der Waals surface area contributed by atoms with Crippen LogP contribution in [-0.4, -0.2) is 14.5 Å². The smallest absolute Gasteiger partial charge is 0.263 e. The maximum atomic E-state index is 12.9. The highest BCUT2D eigenvalue weighted by Gasteiger charge is 2.16. The molecule has 0 bridgehead atoms. The third kappa shape index (κ3) is 2.83. The molecule has 26 heavy (non-hydrogen) atoms. The average Bonchev–Trinajstić information content (AvgIpc) is 2.94. The maximum Gasteiger partial charge on any atom is 0.263 e. The summed E-state index contributed by atoms with van der Waals surface area (Å²) < 4.78 is 1.78. The van der Waals surface area contributed by atoms with E-state index in [0.29, 0.717) is 6.54 Å². The van der Waals surface area contributed by atoms with Crippen LogP contribution >= 0.6 is 23.1 Å². The molecule has 1 aromatic carbocycles. The van der Waals surface area contributed by atoms with E-state index in [1.165, 1.54) is 0 Å². The monoisotopic (exact) mass is 381 g/mol. The summed E-state index contributed by atoms with van der Waals surface area (Å²) in [6, 6.07) is 10.2. The lowest BCUT2D eigenvalue weighted by molar-refractivity contribution is 0.635. The summed E-state index contributed by atoms with van der Waals surface area (Å²) in [4.78, 5) is 24.3. The highest BCUT2D eigenvalue weighted by Crippen LogP contribution is 2.30. The molecular formula is C20H19N3OS2. The van der Waals surface area contributed by atoms with E-state index in [9.17, 15) is 4.79 Å². The van der Waals surface area contributed by atoms with Gasteiger partial charge >= 0.3 is 0 Å². The summed E-state index contributed by atoms with van der Waals surface area (Å²) in [5.41, 5.74) is 3.29. The number of pyridine rings is 1. The minimum absolute atomic E-state index is 0.0675. The minimum Gasteiger partial charge on any atom is -0.287 e. The molecule has 0 saturated heterocycles. The second-order valence-corrected chi connectivity index (χ2v) is 8.33. The average molecular weight is 382 g/mol. The molecule has 132 valence electrons. The number of hydrogen-bond acceptors (Lipinski definition) is 5. The molecule has 4 nitrogen and oxygen atoms in total. The highest BCUT2D eigenvalue weighted by molar-refractivity contribution is 7.98. The Kier molecular flexibility index (Phi) is 4.54. The molecule has 4 aromatic rings. The Balaban J connectivity index is 1.76. The summed E-state index contributed by atoms with van der Waals surface area (Å²) >= 11 is 3.20. The van der Waals surface area contributed by atoms with Gasteiger partial charge in [0.05, 0.1) is 10.9 Å². The molecule has 3 heterocycles. The van der Waals surface area contributed by atoms with Gasteiger partial charge in [0.15, 0.2) is 5.16 Å². The van der Waals surface area contributed by atoms with Crippen LogP contribution in [0.15, 0.2) is 46.5 Å². The fourth-order valence-corrected chi connectivity index (χ4v) is 5.24. The molecule has 0 saturated carbocycles. The first-order valence-corrected chi connectivity index (χ1v) is 10.4. The maximum absolute atomic E-state index is 12.9. The number of aryl methyl sites for hydroxylation is 2. The Hall–Kier alpha value is -2.18. The van der Waals surface area contributed by atoms with E-state index in [1.54, 1.807) is 27.7 Å². The molecule has 3 aromatic heterocycles. The van der Waals surface area contributed by atoms with Crippen molar-refractivity contribution >= 4 is 44.2 Å². The van der Waals surface area contributed by atoms with Crippen LogP contribution in [0, 0.1) is 13.8 Å². The zero-order chi connectivity index (χ0) is 18.3. The topological polar surface area (TPSA) is 47.8 Å². The Bertz CT molecular complexity index is 1170. The van der Waals surface area contributed by atoms with Gasteiger partial charge in [-0.1, -0.05) is 36.0 Å². The van der Waals surface area contributed by atoms with Crippen molar-refractivity contribution in [2.24, 2.45) is 0 Å². The number of thioether (sulfide) groups is 1. The first kappa shape index (κ1) is 17.2. The summed E-state index contributed by atoms with van der Waals surface area (Å²) in [6.07, 6.45) is 1.82. The van der Waals surface area contributed by atoms with E-state index in [0.717, 1.165) is 48.0 Å². The van der Waals surface area contributed by atoms with Crippen molar-refractivity contribution in [1.29, 1.82) is 0 Å². The fourth-order valence-electron chi connectivity index (χ4n) is 3.12. The Labute approximate surface area is 159 Å². The van der Waals surface area contributed by atoms with Crippen LogP contribution in [0.4, 0.5) is 0 Å². The van der Waals surface area contributed by atoms with Crippen LogP contribution < -0.4 is 5.56 Å². The lowest BCUT2D eigenvalue weighted by Gasteiger charge is -2.11. The molecule has 0 aliphatic heterocycles. The predicted octanol–water partition coefficient (Wildman–Crippen LogP) is 4.94. The van der Waals surface area contributed by atoms with Crippen molar-refractivity contribution in [3.63, 3.8) is 0 Å².